The quantitative estimate of drug-likeness (QED) is 0.681. The van der Waals surface area contributed by atoms with E-state index in [2.05, 4.69) is 26.0 Å². The van der Waals surface area contributed by atoms with E-state index in [1.165, 1.54) is 17.5 Å². The number of aryl methyl sites for hydroxylation is 2. The van der Waals surface area contributed by atoms with Gasteiger partial charge in [0, 0.05) is 5.69 Å². The van der Waals surface area contributed by atoms with Gasteiger partial charge in [0.2, 0.25) is 0 Å². The highest BCUT2D eigenvalue weighted by molar-refractivity contribution is 5.48. The first kappa shape index (κ1) is 9.11. The molecule has 0 atom stereocenters. The largest absolute Gasteiger partial charge is 0.399 e. The Kier molecular flexibility index (Phi) is 3.15. The van der Waals surface area contributed by atoms with Gasteiger partial charge in [0.25, 0.3) is 0 Å². The van der Waals surface area contributed by atoms with Crippen LogP contribution in [0.3, 0.4) is 0 Å². The Balaban J connectivity index is 2.89. The highest BCUT2D eigenvalue weighted by Crippen LogP contribution is 2.15. The number of hydrogen-bond acceptors (Lipinski definition) is 1. The molecule has 0 aliphatic rings. The summed E-state index contributed by atoms with van der Waals surface area (Å²) in [6.07, 6.45) is 3.39. The first-order valence-corrected chi connectivity index (χ1v) is 4.65. The average Bonchev–Trinajstić information content (AvgIpc) is 2.09. The third-order valence-electron chi connectivity index (χ3n) is 2.13. The van der Waals surface area contributed by atoms with Crippen LogP contribution in [0.4, 0.5) is 5.69 Å². The van der Waals surface area contributed by atoms with Gasteiger partial charge in [0.1, 0.15) is 0 Å². The van der Waals surface area contributed by atoms with Crippen molar-refractivity contribution >= 4 is 5.69 Å². The third kappa shape index (κ3) is 2.00. The van der Waals surface area contributed by atoms with Crippen LogP contribution in [0.2, 0.25) is 0 Å². The van der Waals surface area contributed by atoms with Gasteiger partial charge in [-0.1, -0.05) is 32.4 Å². The van der Waals surface area contributed by atoms with Crippen LogP contribution in [0.5, 0.6) is 0 Å². The monoisotopic (exact) mass is 163 g/mol. The molecule has 66 valence electrons. The molecule has 0 unspecified atom stereocenters. The molecule has 1 aromatic carbocycles. The lowest BCUT2D eigenvalue weighted by molar-refractivity contribution is 0.918. The van der Waals surface area contributed by atoms with Crippen LogP contribution in [0, 0.1) is 0 Å². The Bertz CT molecular complexity index is 253. The third-order valence-corrected chi connectivity index (χ3v) is 2.13. The second-order valence-corrected chi connectivity index (χ2v) is 3.14. The van der Waals surface area contributed by atoms with E-state index in [-0.39, 0.29) is 0 Å². The molecule has 0 bridgehead atoms. The van der Waals surface area contributed by atoms with Crippen molar-refractivity contribution in [3.8, 4) is 0 Å². The van der Waals surface area contributed by atoms with Gasteiger partial charge in [-0.15, -0.1) is 0 Å². The minimum Gasteiger partial charge on any atom is -0.399 e. The summed E-state index contributed by atoms with van der Waals surface area (Å²) in [4.78, 5) is 0. The zero-order valence-electron chi connectivity index (χ0n) is 7.93. The normalized spacial score (nSPS) is 10.2. The number of hydrogen-bond donors (Lipinski definition) is 1. The molecule has 2 N–H and O–H groups in total. The highest BCUT2D eigenvalue weighted by atomic mass is 14.6. The van der Waals surface area contributed by atoms with Crippen molar-refractivity contribution in [3.63, 3.8) is 0 Å². The minimum absolute atomic E-state index is 0.928. The second-order valence-electron chi connectivity index (χ2n) is 3.14. The Labute approximate surface area is 74.6 Å². The minimum atomic E-state index is 0.928. The molecular weight excluding hydrogens is 146 g/mol. The summed E-state index contributed by atoms with van der Waals surface area (Å²) < 4.78 is 0. The molecule has 1 nitrogen and oxygen atoms in total. The molecule has 0 saturated heterocycles. The maximum absolute atomic E-state index is 5.80. The summed E-state index contributed by atoms with van der Waals surface area (Å²) in [5.41, 5.74) is 9.41. The molecule has 0 saturated carbocycles. The van der Waals surface area contributed by atoms with Crippen LogP contribution in [0.25, 0.3) is 0 Å². The Morgan fingerprint density at radius 3 is 2.58 bits per heavy atom. The van der Waals surface area contributed by atoms with Gasteiger partial charge in [-0.25, -0.2) is 0 Å². The second kappa shape index (κ2) is 4.15. The van der Waals surface area contributed by atoms with E-state index in [0.29, 0.717) is 0 Å². The zero-order valence-corrected chi connectivity index (χ0v) is 7.93. The van der Waals surface area contributed by atoms with Gasteiger partial charge in [0.15, 0.2) is 0 Å². The fraction of sp³-hybridized carbons (Fsp3) is 0.455. The number of anilines is 1. The molecule has 0 amide bonds. The molecule has 1 heteroatoms. The number of nitrogen functional groups attached to an aromatic ring is 1. The summed E-state index contributed by atoms with van der Waals surface area (Å²) in [5.74, 6) is 0. The van der Waals surface area contributed by atoms with Crippen LogP contribution in [-0.4, -0.2) is 0 Å². The number of benzene rings is 1. The summed E-state index contributed by atoms with van der Waals surface area (Å²) in [6, 6.07) is 6.36. The lowest BCUT2D eigenvalue weighted by Crippen LogP contribution is -1.94. The zero-order chi connectivity index (χ0) is 8.97. The maximum atomic E-state index is 5.80. The molecule has 0 aliphatic carbocycles. The van der Waals surface area contributed by atoms with Gasteiger partial charge < -0.3 is 5.73 Å². The van der Waals surface area contributed by atoms with Gasteiger partial charge in [0.05, 0.1) is 0 Å². The van der Waals surface area contributed by atoms with E-state index < -0.39 is 0 Å². The van der Waals surface area contributed by atoms with Crippen LogP contribution in [0.15, 0.2) is 18.2 Å². The van der Waals surface area contributed by atoms with E-state index in [1.807, 2.05) is 6.07 Å². The van der Waals surface area contributed by atoms with Crippen molar-refractivity contribution in [2.75, 3.05) is 5.73 Å². The summed E-state index contributed by atoms with van der Waals surface area (Å²) in [5, 5.41) is 0. The molecule has 0 radical (unpaired) electrons. The first-order valence-electron chi connectivity index (χ1n) is 4.65. The van der Waals surface area contributed by atoms with Crippen LogP contribution in [0.1, 0.15) is 31.4 Å². The average molecular weight is 163 g/mol. The lowest BCUT2D eigenvalue weighted by atomic mass is 10.0. The van der Waals surface area contributed by atoms with Crippen LogP contribution < -0.4 is 5.73 Å². The number of nitrogens with two attached hydrogens (primary N) is 1. The van der Waals surface area contributed by atoms with E-state index >= 15 is 0 Å². The van der Waals surface area contributed by atoms with E-state index in [9.17, 15) is 0 Å². The topological polar surface area (TPSA) is 26.0 Å². The predicted molar refractivity (Wildman–Crippen MR) is 54.2 cm³/mol. The van der Waals surface area contributed by atoms with Gasteiger partial charge in [-0.05, 0) is 30.0 Å². The summed E-state index contributed by atoms with van der Waals surface area (Å²) in [6.45, 7) is 4.34. The molecule has 0 spiro atoms. The maximum Gasteiger partial charge on any atom is 0.0346 e. The Hall–Kier alpha value is -0.980. The van der Waals surface area contributed by atoms with Gasteiger partial charge >= 0.3 is 0 Å². The van der Waals surface area contributed by atoms with Crippen molar-refractivity contribution in [2.24, 2.45) is 0 Å². The Morgan fingerprint density at radius 2 is 2.00 bits per heavy atom. The van der Waals surface area contributed by atoms with Crippen molar-refractivity contribution in [1.29, 1.82) is 0 Å². The van der Waals surface area contributed by atoms with Crippen molar-refractivity contribution in [3.05, 3.63) is 29.3 Å². The van der Waals surface area contributed by atoms with E-state index in [0.717, 1.165) is 18.5 Å². The van der Waals surface area contributed by atoms with Crippen LogP contribution >= 0.6 is 0 Å². The van der Waals surface area contributed by atoms with Gasteiger partial charge in [-0.2, -0.15) is 0 Å². The molecule has 1 rings (SSSR count). The van der Waals surface area contributed by atoms with Crippen molar-refractivity contribution < 1.29 is 0 Å². The van der Waals surface area contributed by atoms with Crippen molar-refractivity contribution in [2.45, 2.75) is 33.1 Å². The molecule has 0 heterocycles. The lowest BCUT2D eigenvalue weighted by Gasteiger charge is -2.05. The molecule has 12 heavy (non-hydrogen) atoms. The Morgan fingerprint density at radius 1 is 1.25 bits per heavy atom. The molecule has 0 aromatic heterocycles. The van der Waals surface area contributed by atoms with Crippen molar-refractivity contribution in [1.82, 2.24) is 0 Å². The standard InChI is InChI=1S/C11H17N/c1-3-5-9-6-7-11(12)10(4-2)8-9/h6-8H,3-5,12H2,1-2H3. The summed E-state index contributed by atoms with van der Waals surface area (Å²) >= 11 is 0. The van der Waals surface area contributed by atoms with E-state index in [4.69, 9.17) is 5.73 Å². The van der Waals surface area contributed by atoms with Crippen LogP contribution in [-0.2, 0) is 12.8 Å². The fourth-order valence-electron chi connectivity index (χ4n) is 1.41. The molecular formula is C11H17N. The first-order chi connectivity index (χ1) is 5.77. The highest BCUT2D eigenvalue weighted by Gasteiger charge is 1.97. The molecule has 1 aromatic rings. The fourth-order valence-corrected chi connectivity index (χ4v) is 1.41. The number of rotatable bonds is 3. The molecule has 0 fully saturated rings. The van der Waals surface area contributed by atoms with Gasteiger partial charge in [-0.3, -0.25) is 0 Å². The molecule has 0 aliphatic heterocycles. The van der Waals surface area contributed by atoms with E-state index in [1.54, 1.807) is 0 Å². The SMILES string of the molecule is CCCc1ccc(N)c(CC)c1. The smallest absolute Gasteiger partial charge is 0.0346 e. The summed E-state index contributed by atoms with van der Waals surface area (Å²) in [7, 11) is 0. The predicted octanol–water partition coefficient (Wildman–Crippen LogP) is 2.78.